The van der Waals surface area contributed by atoms with Crippen LogP contribution in [0.4, 0.5) is 0 Å². The summed E-state index contributed by atoms with van der Waals surface area (Å²) in [5, 5.41) is 15.7. The fourth-order valence-electron chi connectivity index (χ4n) is 3.09. The molecule has 1 heterocycles. The second kappa shape index (κ2) is 9.69. The number of nitrogens with one attached hydrogen (secondary N) is 1. The summed E-state index contributed by atoms with van der Waals surface area (Å²) >= 11 is 1.34. The van der Waals surface area contributed by atoms with Crippen LogP contribution in [0.15, 0.2) is 53.7 Å². The van der Waals surface area contributed by atoms with Gasteiger partial charge in [0.15, 0.2) is 0 Å². The summed E-state index contributed by atoms with van der Waals surface area (Å²) in [6.07, 6.45) is 0.890. The molecule has 6 nitrogen and oxygen atoms in total. The van der Waals surface area contributed by atoms with Crippen LogP contribution < -0.4 is 5.32 Å². The van der Waals surface area contributed by atoms with Gasteiger partial charge in [-0.15, -0.1) is 5.10 Å². The second-order valence-corrected chi connectivity index (χ2v) is 8.53. The summed E-state index contributed by atoms with van der Waals surface area (Å²) in [4.78, 5) is 12.6. The van der Waals surface area contributed by atoms with Crippen LogP contribution >= 0.6 is 11.8 Å². The van der Waals surface area contributed by atoms with Crippen molar-refractivity contribution < 1.29 is 4.79 Å². The number of carbonyl (C=O) groups is 1. The molecule has 1 aromatic heterocycles. The van der Waals surface area contributed by atoms with E-state index in [4.69, 9.17) is 0 Å². The molecule has 0 aliphatic heterocycles. The normalized spacial score (nSPS) is 12.2. The van der Waals surface area contributed by atoms with Crippen LogP contribution in [0.3, 0.4) is 0 Å². The van der Waals surface area contributed by atoms with Gasteiger partial charge < -0.3 is 5.32 Å². The van der Waals surface area contributed by atoms with E-state index in [1.54, 1.807) is 4.68 Å². The zero-order valence-electron chi connectivity index (χ0n) is 17.3. The van der Waals surface area contributed by atoms with E-state index in [-0.39, 0.29) is 17.7 Å². The predicted molar refractivity (Wildman–Crippen MR) is 116 cm³/mol. The van der Waals surface area contributed by atoms with E-state index in [0.29, 0.717) is 11.1 Å². The maximum absolute atomic E-state index is 12.6. The lowest BCUT2D eigenvalue weighted by Gasteiger charge is -2.21. The number of carbonyl (C=O) groups excluding carboxylic acids is 1. The van der Waals surface area contributed by atoms with E-state index in [1.165, 1.54) is 22.9 Å². The first-order valence-corrected chi connectivity index (χ1v) is 10.8. The van der Waals surface area contributed by atoms with Crippen molar-refractivity contribution in [1.82, 2.24) is 25.5 Å². The summed E-state index contributed by atoms with van der Waals surface area (Å²) in [7, 11) is 0. The minimum atomic E-state index is -0.0286. The minimum Gasteiger partial charge on any atom is -0.349 e. The number of hydrogen-bond acceptors (Lipinski definition) is 5. The monoisotopic (exact) mass is 409 g/mol. The van der Waals surface area contributed by atoms with Crippen LogP contribution in [0.2, 0.25) is 0 Å². The van der Waals surface area contributed by atoms with Crippen molar-refractivity contribution in [3.05, 3.63) is 65.2 Å². The molecular weight excluding hydrogens is 382 g/mol. The molecule has 0 radical (unpaired) electrons. The molecule has 0 spiro atoms. The number of nitrogens with zero attached hydrogens (tertiary/aromatic N) is 4. The standard InChI is InChI=1S/C22H27N5OS/c1-15(2)12-20(18-8-6-5-7-9-18)23-21(28)14-29-22-24-25-26-27(22)19-11-10-16(3)17(4)13-19/h5-11,13,15,20H,12,14H2,1-4H3,(H,23,28)/t20-/m0/s1. The highest BCUT2D eigenvalue weighted by Gasteiger charge is 2.17. The van der Waals surface area contributed by atoms with Crippen molar-refractivity contribution in [2.24, 2.45) is 5.92 Å². The number of thioether (sulfide) groups is 1. The van der Waals surface area contributed by atoms with Crippen LogP contribution in [0.1, 0.15) is 43.0 Å². The van der Waals surface area contributed by atoms with Gasteiger partial charge in [0.05, 0.1) is 17.5 Å². The molecule has 1 amide bonds. The maximum Gasteiger partial charge on any atom is 0.230 e. The topological polar surface area (TPSA) is 72.7 Å². The second-order valence-electron chi connectivity index (χ2n) is 7.59. The summed E-state index contributed by atoms with van der Waals surface area (Å²) in [5.41, 5.74) is 4.40. The third-order valence-electron chi connectivity index (χ3n) is 4.75. The van der Waals surface area contributed by atoms with Gasteiger partial charge in [0.25, 0.3) is 0 Å². The van der Waals surface area contributed by atoms with Gasteiger partial charge in [-0.1, -0.05) is 62.0 Å². The number of benzene rings is 2. The Morgan fingerprint density at radius 2 is 1.86 bits per heavy atom. The van der Waals surface area contributed by atoms with Crippen molar-refractivity contribution >= 4 is 17.7 Å². The van der Waals surface area contributed by atoms with Gasteiger partial charge in [-0.3, -0.25) is 4.79 Å². The third-order valence-corrected chi connectivity index (χ3v) is 5.67. The first kappa shape index (κ1) is 21.0. The molecular formula is C22H27N5OS. The van der Waals surface area contributed by atoms with E-state index in [9.17, 15) is 4.79 Å². The van der Waals surface area contributed by atoms with Crippen LogP contribution in [-0.4, -0.2) is 31.9 Å². The molecule has 0 unspecified atom stereocenters. The summed E-state index contributed by atoms with van der Waals surface area (Å²) in [6, 6.07) is 16.2. The Labute approximate surface area is 176 Å². The molecule has 3 rings (SSSR count). The van der Waals surface area contributed by atoms with Crippen molar-refractivity contribution in [3.8, 4) is 5.69 Å². The van der Waals surface area contributed by atoms with Gasteiger partial charge >= 0.3 is 0 Å². The molecule has 0 aliphatic carbocycles. The quantitative estimate of drug-likeness (QED) is 0.562. The van der Waals surface area contributed by atoms with Crippen LogP contribution in [0, 0.1) is 19.8 Å². The Kier molecular flexibility index (Phi) is 7.04. The zero-order chi connectivity index (χ0) is 20.8. The van der Waals surface area contributed by atoms with Crippen LogP contribution in [0.25, 0.3) is 5.69 Å². The predicted octanol–water partition coefficient (Wildman–Crippen LogP) is 4.27. The number of aromatic nitrogens is 4. The molecule has 3 aromatic rings. The number of aryl methyl sites for hydroxylation is 2. The first-order chi connectivity index (χ1) is 13.9. The Balaban J connectivity index is 1.66. The molecule has 0 aliphatic rings. The average Bonchev–Trinajstić information content (AvgIpc) is 3.17. The molecule has 1 N–H and O–H groups in total. The molecule has 2 aromatic carbocycles. The number of rotatable bonds is 8. The fourth-order valence-corrected chi connectivity index (χ4v) is 3.79. The summed E-state index contributed by atoms with van der Waals surface area (Å²) in [5.74, 6) is 0.705. The molecule has 0 saturated carbocycles. The van der Waals surface area contributed by atoms with Gasteiger partial charge in [0.2, 0.25) is 11.1 Å². The van der Waals surface area contributed by atoms with E-state index >= 15 is 0 Å². The first-order valence-electron chi connectivity index (χ1n) is 9.77. The SMILES string of the molecule is Cc1ccc(-n2nnnc2SCC(=O)N[C@@H](CC(C)C)c2ccccc2)cc1C. The van der Waals surface area contributed by atoms with Crippen LogP contribution in [-0.2, 0) is 4.79 Å². The molecule has 7 heteroatoms. The van der Waals surface area contributed by atoms with Crippen molar-refractivity contribution in [1.29, 1.82) is 0 Å². The van der Waals surface area contributed by atoms with Gasteiger partial charge in [-0.25, -0.2) is 0 Å². The zero-order valence-corrected chi connectivity index (χ0v) is 18.1. The van der Waals surface area contributed by atoms with Gasteiger partial charge in [-0.05, 0) is 65.4 Å². The van der Waals surface area contributed by atoms with E-state index in [2.05, 4.69) is 60.7 Å². The number of tetrazole rings is 1. The largest absolute Gasteiger partial charge is 0.349 e. The highest BCUT2D eigenvalue weighted by molar-refractivity contribution is 7.99. The molecule has 29 heavy (non-hydrogen) atoms. The van der Waals surface area contributed by atoms with Crippen molar-refractivity contribution in [3.63, 3.8) is 0 Å². The molecule has 1 atom stereocenters. The van der Waals surface area contributed by atoms with Gasteiger partial charge in [-0.2, -0.15) is 4.68 Å². The minimum absolute atomic E-state index is 0.0000398. The molecule has 0 bridgehead atoms. The lowest BCUT2D eigenvalue weighted by Crippen LogP contribution is -2.31. The maximum atomic E-state index is 12.6. The number of hydrogen-bond donors (Lipinski definition) is 1. The Morgan fingerprint density at radius 1 is 1.10 bits per heavy atom. The molecule has 0 saturated heterocycles. The Bertz CT molecular complexity index is 955. The van der Waals surface area contributed by atoms with E-state index in [1.807, 2.05) is 36.4 Å². The lowest BCUT2D eigenvalue weighted by atomic mass is 9.97. The molecule has 152 valence electrons. The van der Waals surface area contributed by atoms with E-state index in [0.717, 1.165) is 17.7 Å². The lowest BCUT2D eigenvalue weighted by molar-refractivity contribution is -0.119. The Hall–Kier alpha value is -2.67. The van der Waals surface area contributed by atoms with Crippen molar-refractivity contribution in [2.45, 2.75) is 45.3 Å². The highest BCUT2D eigenvalue weighted by atomic mass is 32.2. The summed E-state index contributed by atoms with van der Waals surface area (Å²) < 4.78 is 1.67. The van der Waals surface area contributed by atoms with Crippen LogP contribution in [0.5, 0.6) is 0 Å². The average molecular weight is 410 g/mol. The van der Waals surface area contributed by atoms with Gasteiger partial charge in [0.1, 0.15) is 0 Å². The van der Waals surface area contributed by atoms with Gasteiger partial charge in [0, 0.05) is 0 Å². The fraction of sp³-hybridized carbons (Fsp3) is 0.364. The van der Waals surface area contributed by atoms with Crippen molar-refractivity contribution in [2.75, 3.05) is 5.75 Å². The van der Waals surface area contributed by atoms with E-state index < -0.39 is 0 Å². The smallest absolute Gasteiger partial charge is 0.230 e. The molecule has 0 fully saturated rings. The highest BCUT2D eigenvalue weighted by Crippen LogP contribution is 2.23. The third kappa shape index (κ3) is 5.67. The number of amides is 1. The summed E-state index contributed by atoms with van der Waals surface area (Å²) in [6.45, 7) is 8.45. The Morgan fingerprint density at radius 3 is 2.55 bits per heavy atom.